The summed E-state index contributed by atoms with van der Waals surface area (Å²) in [6.07, 6.45) is 1.51. The van der Waals surface area contributed by atoms with E-state index in [-0.39, 0.29) is 5.69 Å². The van der Waals surface area contributed by atoms with Gasteiger partial charge in [-0.1, -0.05) is 0 Å². The van der Waals surface area contributed by atoms with Crippen LogP contribution in [0.25, 0.3) is 22.3 Å². The quantitative estimate of drug-likeness (QED) is 0.736. The van der Waals surface area contributed by atoms with Crippen molar-refractivity contribution in [3.05, 3.63) is 41.7 Å². The molecule has 3 aromatic heterocycles. The number of primary amides is 1. The molecule has 0 aromatic carbocycles. The number of nitrogens with zero attached hydrogens (tertiary/aromatic N) is 2. The SMILES string of the molecule is N#Cc1cc(-c2c(C(N)=O)c3ccc2o3)ccn1. The summed E-state index contributed by atoms with van der Waals surface area (Å²) >= 11 is 0. The summed E-state index contributed by atoms with van der Waals surface area (Å²) in [7, 11) is 0. The van der Waals surface area contributed by atoms with Gasteiger partial charge in [-0.05, 0) is 29.8 Å². The van der Waals surface area contributed by atoms with Gasteiger partial charge in [0.2, 0.25) is 0 Å². The van der Waals surface area contributed by atoms with Crippen molar-refractivity contribution >= 4 is 17.1 Å². The number of amides is 1. The fourth-order valence-corrected chi connectivity index (χ4v) is 2.03. The summed E-state index contributed by atoms with van der Waals surface area (Å²) < 4.78 is 5.43. The predicted molar refractivity (Wildman–Crippen MR) is 63.9 cm³/mol. The van der Waals surface area contributed by atoms with E-state index in [4.69, 9.17) is 15.4 Å². The average Bonchev–Trinajstić information content (AvgIpc) is 2.98. The lowest BCUT2D eigenvalue weighted by atomic mass is 10.00. The fraction of sp³-hybridized carbons (Fsp3) is 0. The number of furan rings is 2. The number of carbonyl (C=O) groups excluding carboxylic acids is 1. The molecule has 2 N–H and O–H groups in total. The molecule has 0 radical (unpaired) electrons. The van der Waals surface area contributed by atoms with Crippen molar-refractivity contribution in [2.75, 3.05) is 0 Å². The third-order valence-electron chi connectivity index (χ3n) is 2.76. The Morgan fingerprint density at radius 3 is 2.83 bits per heavy atom. The molecule has 5 heteroatoms. The maximum atomic E-state index is 11.5. The van der Waals surface area contributed by atoms with Gasteiger partial charge in [0, 0.05) is 11.8 Å². The van der Waals surface area contributed by atoms with E-state index in [9.17, 15) is 4.79 Å². The highest BCUT2D eigenvalue weighted by Gasteiger charge is 2.22. The minimum Gasteiger partial charge on any atom is -0.456 e. The van der Waals surface area contributed by atoms with E-state index >= 15 is 0 Å². The van der Waals surface area contributed by atoms with E-state index in [1.807, 2.05) is 6.07 Å². The zero-order chi connectivity index (χ0) is 12.7. The molecule has 0 aliphatic carbocycles. The summed E-state index contributed by atoms with van der Waals surface area (Å²) in [5.74, 6) is -0.547. The van der Waals surface area contributed by atoms with Crippen LogP contribution in [0.2, 0.25) is 0 Å². The highest BCUT2D eigenvalue weighted by atomic mass is 16.3. The lowest BCUT2D eigenvalue weighted by Crippen LogP contribution is -2.11. The number of pyridine rings is 1. The molecule has 0 saturated carbocycles. The third kappa shape index (κ3) is 1.33. The smallest absolute Gasteiger partial charge is 0.253 e. The van der Waals surface area contributed by atoms with Gasteiger partial charge in [0.15, 0.2) is 0 Å². The minimum absolute atomic E-state index is 0.279. The molecule has 0 atom stereocenters. The van der Waals surface area contributed by atoms with Crippen LogP contribution in [-0.4, -0.2) is 10.9 Å². The molecule has 2 bridgehead atoms. The maximum Gasteiger partial charge on any atom is 0.253 e. The Bertz CT molecular complexity index is 783. The molecule has 0 unspecified atom stereocenters. The van der Waals surface area contributed by atoms with Crippen molar-refractivity contribution in [3.63, 3.8) is 0 Å². The summed E-state index contributed by atoms with van der Waals surface area (Å²) in [4.78, 5) is 15.4. The van der Waals surface area contributed by atoms with Crippen molar-refractivity contribution in [3.8, 4) is 17.2 Å². The van der Waals surface area contributed by atoms with E-state index in [1.165, 1.54) is 6.20 Å². The number of nitriles is 1. The maximum absolute atomic E-state index is 11.5. The lowest BCUT2D eigenvalue weighted by molar-refractivity contribution is 0.100. The van der Waals surface area contributed by atoms with Gasteiger partial charge in [0.05, 0.1) is 5.56 Å². The van der Waals surface area contributed by atoms with Crippen LogP contribution in [0.5, 0.6) is 0 Å². The fourth-order valence-electron chi connectivity index (χ4n) is 2.03. The molecule has 0 fully saturated rings. The summed E-state index contributed by atoms with van der Waals surface area (Å²) in [5, 5.41) is 8.83. The van der Waals surface area contributed by atoms with Crippen LogP contribution in [0.15, 0.2) is 34.9 Å². The molecule has 5 nitrogen and oxygen atoms in total. The Labute approximate surface area is 102 Å². The van der Waals surface area contributed by atoms with Crippen LogP contribution in [0, 0.1) is 11.3 Å². The van der Waals surface area contributed by atoms with Gasteiger partial charge >= 0.3 is 0 Å². The van der Waals surface area contributed by atoms with Gasteiger partial charge in [-0.15, -0.1) is 0 Å². The van der Waals surface area contributed by atoms with Crippen LogP contribution in [0.3, 0.4) is 0 Å². The Balaban J connectivity index is 2.29. The molecule has 3 heterocycles. The second-order valence-corrected chi connectivity index (χ2v) is 3.82. The summed E-state index contributed by atoms with van der Waals surface area (Å²) in [6.45, 7) is 0. The monoisotopic (exact) mass is 237 g/mol. The van der Waals surface area contributed by atoms with Crippen molar-refractivity contribution in [1.29, 1.82) is 5.26 Å². The molecule has 0 saturated heterocycles. The largest absolute Gasteiger partial charge is 0.456 e. The molecule has 3 rings (SSSR count). The molecule has 1 amide bonds. The Morgan fingerprint density at radius 1 is 1.33 bits per heavy atom. The Hall–Kier alpha value is -2.87. The van der Waals surface area contributed by atoms with E-state index in [0.29, 0.717) is 27.9 Å². The van der Waals surface area contributed by atoms with Crippen molar-refractivity contribution < 1.29 is 9.21 Å². The number of fused-ring (bicyclic) bond motifs is 2. The van der Waals surface area contributed by atoms with Gasteiger partial charge in [-0.25, -0.2) is 4.98 Å². The second kappa shape index (κ2) is 3.57. The molecule has 0 spiro atoms. The van der Waals surface area contributed by atoms with E-state index in [1.54, 1.807) is 24.3 Å². The normalized spacial score (nSPS) is 10.6. The zero-order valence-corrected chi connectivity index (χ0v) is 9.18. The van der Waals surface area contributed by atoms with E-state index in [2.05, 4.69) is 4.98 Å². The number of rotatable bonds is 2. The topological polar surface area (TPSA) is 92.9 Å². The third-order valence-corrected chi connectivity index (χ3v) is 2.76. The van der Waals surface area contributed by atoms with Crippen LogP contribution >= 0.6 is 0 Å². The van der Waals surface area contributed by atoms with Crippen LogP contribution < -0.4 is 5.73 Å². The molecule has 0 aliphatic heterocycles. The number of hydrogen-bond donors (Lipinski definition) is 1. The van der Waals surface area contributed by atoms with E-state index < -0.39 is 5.91 Å². The molecule has 0 aliphatic rings. The van der Waals surface area contributed by atoms with Crippen molar-refractivity contribution in [1.82, 2.24) is 4.98 Å². The van der Waals surface area contributed by atoms with Gasteiger partial charge in [0.1, 0.15) is 22.9 Å². The molecular weight excluding hydrogens is 230 g/mol. The number of hydrogen-bond acceptors (Lipinski definition) is 4. The Morgan fingerprint density at radius 2 is 2.11 bits per heavy atom. The first-order valence-electron chi connectivity index (χ1n) is 5.22. The van der Waals surface area contributed by atoms with Crippen LogP contribution in [0.1, 0.15) is 16.1 Å². The first kappa shape index (κ1) is 10.3. The number of benzene rings is 1. The van der Waals surface area contributed by atoms with Crippen LogP contribution in [0.4, 0.5) is 0 Å². The van der Waals surface area contributed by atoms with E-state index in [0.717, 1.165) is 0 Å². The summed E-state index contributed by atoms with van der Waals surface area (Å²) in [5.41, 5.74) is 8.35. The molecular formula is C13H7N3O2. The van der Waals surface area contributed by atoms with Gasteiger partial charge < -0.3 is 10.2 Å². The molecule has 86 valence electrons. The van der Waals surface area contributed by atoms with Crippen LogP contribution in [-0.2, 0) is 0 Å². The number of carbonyl (C=O) groups is 1. The van der Waals surface area contributed by atoms with Gasteiger partial charge in [0.25, 0.3) is 5.91 Å². The first-order valence-corrected chi connectivity index (χ1v) is 5.22. The Kier molecular flexibility index (Phi) is 2.04. The van der Waals surface area contributed by atoms with Gasteiger partial charge in [-0.3, -0.25) is 4.79 Å². The molecule has 18 heavy (non-hydrogen) atoms. The highest BCUT2D eigenvalue weighted by Crippen LogP contribution is 2.36. The average molecular weight is 237 g/mol. The highest BCUT2D eigenvalue weighted by molar-refractivity contribution is 6.10. The standard InChI is InChI=1S/C13H7N3O2/c14-6-8-5-7(3-4-16-8)11-9-1-2-10(18-9)12(11)13(15)17/h1-5H,(H2,15,17). The van der Waals surface area contributed by atoms with Crippen molar-refractivity contribution in [2.24, 2.45) is 5.73 Å². The zero-order valence-electron chi connectivity index (χ0n) is 9.18. The minimum atomic E-state index is -0.547. The number of aromatic nitrogens is 1. The molecule has 3 aromatic rings. The summed E-state index contributed by atoms with van der Waals surface area (Å²) in [6, 6.07) is 8.74. The van der Waals surface area contributed by atoms with Crippen molar-refractivity contribution in [2.45, 2.75) is 0 Å². The predicted octanol–water partition coefficient (Wildman–Crippen LogP) is 1.90. The second-order valence-electron chi connectivity index (χ2n) is 3.82. The van der Waals surface area contributed by atoms with Gasteiger partial charge in [-0.2, -0.15) is 5.26 Å². The first-order chi connectivity index (χ1) is 8.70. The lowest BCUT2D eigenvalue weighted by Gasteiger charge is -2.02. The number of nitrogens with two attached hydrogens (primary N) is 1.